The summed E-state index contributed by atoms with van der Waals surface area (Å²) in [5.41, 5.74) is 0.109. The number of aliphatic hydroxyl groups is 1. The number of carbonyl (C=O) groups is 1. The van der Waals surface area contributed by atoms with Gasteiger partial charge in [-0.1, -0.05) is 36.4 Å². The van der Waals surface area contributed by atoms with Crippen LogP contribution in [0.3, 0.4) is 0 Å². The lowest BCUT2D eigenvalue weighted by atomic mass is 10.1. The smallest absolute Gasteiger partial charge is 0.412 e. The normalized spacial score (nSPS) is 21.4. The number of rotatable bonds is 5. The van der Waals surface area contributed by atoms with Crippen LogP contribution in [0.15, 0.2) is 43.0 Å². The molecule has 0 saturated carbocycles. The Kier molecular flexibility index (Phi) is 5.21. The molecule has 1 saturated heterocycles. The summed E-state index contributed by atoms with van der Waals surface area (Å²) in [4.78, 5) is 13.9. The highest BCUT2D eigenvalue weighted by molar-refractivity contribution is 5.69. The molecular weight excluding hydrogens is 282 g/mol. The quantitative estimate of drug-likeness (QED) is 0.850. The van der Waals surface area contributed by atoms with Crippen molar-refractivity contribution in [1.29, 1.82) is 0 Å². The fourth-order valence-corrected chi connectivity index (χ4v) is 2.59. The maximum Gasteiger partial charge on any atom is 0.412 e. The molecule has 0 radical (unpaired) electrons. The maximum atomic E-state index is 12.4. The van der Waals surface area contributed by atoms with Crippen LogP contribution in [0, 0.1) is 0 Å². The molecule has 0 spiro atoms. The molecule has 120 valence electrons. The molecule has 1 heterocycles. The highest BCUT2D eigenvalue weighted by atomic mass is 16.6. The van der Waals surface area contributed by atoms with Crippen molar-refractivity contribution >= 4 is 6.09 Å². The summed E-state index contributed by atoms with van der Waals surface area (Å²) in [6.45, 7) is 7.67. The monoisotopic (exact) mass is 305 g/mol. The third kappa shape index (κ3) is 3.67. The fourth-order valence-electron chi connectivity index (χ4n) is 2.59. The van der Waals surface area contributed by atoms with Gasteiger partial charge in [-0.25, -0.2) is 4.79 Å². The highest BCUT2D eigenvalue weighted by Crippen LogP contribution is 2.30. The van der Waals surface area contributed by atoms with E-state index in [0.29, 0.717) is 6.42 Å². The van der Waals surface area contributed by atoms with Gasteiger partial charge in [-0.05, 0) is 25.8 Å². The van der Waals surface area contributed by atoms with Gasteiger partial charge >= 0.3 is 6.09 Å². The third-order valence-electron chi connectivity index (χ3n) is 3.77. The molecule has 1 aromatic rings. The summed E-state index contributed by atoms with van der Waals surface area (Å²) >= 11 is 0. The maximum absolute atomic E-state index is 12.4. The van der Waals surface area contributed by atoms with Crippen LogP contribution in [-0.2, 0) is 16.1 Å². The first-order chi connectivity index (χ1) is 10.5. The van der Waals surface area contributed by atoms with Crippen molar-refractivity contribution in [2.45, 2.75) is 44.7 Å². The van der Waals surface area contributed by atoms with Crippen LogP contribution in [0.25, 0.3) is 0 Å². The SMILES string of the molecule is C=CC[C@H](O)[C@H]1COC(C)(C)N1C(=O)OCc1ccccc1. The van der Waals surface area contributed by atoms with E-state index in [9.17, 15) is 9.90 Å². The van der Waals surface area contributed by atoms with Crippen molar-refractivity contribution in [2.24, 2.45) is 0 Å². The van der Waals surface area contributed by atoms with Gasteiger partial charge in [0.2, 0.25) is 0 Å². The van der Waals surface area contributed by atoms with Gasteiger partial charge in [0, 0.05) is 0 Å². The lowest BCUT2D eigenvalue weighted by Crippen LogP contribution is -2.51. The Morgan fingerprint density at radius 1 is 1.55 bits per heavy atom. The zero-order valence-electron chi connectivity index (χ0n) is 13.1. The molecule has 0 bridgehead atoms. The van der Waals surface area contributed by atoms with E-state index in [0.717, 1.165) is 5.56 Å². The molecule has 2 atom stereocenters. The number of hydrogen-bond donors (Lipinski definition) is 1. The second-order valence-electron chi connectivity index (χ2n) is 5.83. The number of carbonyl (C=O) groups excluding carboxylic acids is 1. The molecule has 5 heteroatoms. The molecule has 1 aliphatic rings. The zero-order chi connectivity index (χ0) is 16.2. The number of hydrogen-bond acceptors (Lipinski definition) is 4. The molecule has 1 N–H and O–H groups in total. The van der Waals surface area contributed by atoms with Crippen molar-refractivity contribution in [3.63, 3.8) is 0 Å². The molecule has 1 amide bonds. The summed E-state index contributed by atoms with van der Waals surface area (Å²) in [5, 5.41) is 10.2. The molecular formula is C17H23NO4. The Bertz CT molecular complexity index is 515. The van der Waals surface area contributed by atoms with Crippen LogP contribution in [-0.4, -0.2) is 40.6 Å². The zero-order valence-corrected chi connectivity index (χ0v) is 13.1. The molecule has 2 rings (SSSR count). The Morgan fingerprint density at radius 3 is 2.86 bits per heavy atom. The van der Waals surface area contributed by atoms with Crippen LogP contribution in [0.2, 0.25) is 0 Å². The van der Waals surface area contributed by atoms with Crippen molar-refractivity contribution in [3.05, 3.63) is 48.6 Å². The fraction of sp³-hybridized carbons (Fsp3) is 0.471. The number of benzene rings is 1. The Hall–Kier alpha value is -1.85. The second-order valence-corrected chi connectivity index (χ2v) is 5.83. The van der Waals surface area contributed by atoms with E-state index in [4.69, 9.17) is 9.47 Å². The first kappa shape index (κ1) is 16.5. The molecule has 1 aromatic carbocycles. The van der Waals surface area contributed by atoms with E-state index in [-0.39, 0.29) is 13.2 Å². The third-order valence-corrected chi connectivity index (χ3v) is 3.77. The van der Waals surface area contributed by atoms with Gasteiger partial charge in [0.15, 0.2) is 0 Å². The number of ether oxygens (including phenoxy) is 2. The summed E-state index contributed by atoms with van der Waals surface area (Å²) < 4.78 is 11.0. The Balaban J connectivity index is 2.05. The predicted octanol–water partition coefficient (Wildman–Crippen LogP) is 2.70. The molecule has 1 fully saturated rings. The van der Waals surface area contributed by atoms with E-state index >= 15 is 0 Å². The van der Waals surface area contributed by atoms with E-state index in [1.807, 2.05) is 30.3 Å². The first-order valence-corrected chi connectivity index (χ1v) is 7.38. The van der Waals surface area contributed by atoms with E-state index in [2.05, 4.69) is 6.58 Å². The topological polar surface area (TPSA) is 59.0 Å². The summed E-state index contributed by atoms with van der Waals surface area (Å²) in [7, 11) is 0. The first-order valence-electron chi connectivity index (χ1n) is 7.38. The second kappa shape index (κ2) is 6.94. The van der Waals surface area contributed by atoms with Gasteiger partial charge in [-0.15, -0.1) is 6.58 Å². The van der Waals surface area contributed by atoms with Crippen molar-refractivity contribution < 1.29 is 19.4 Å². The minimum Gasteiger partial charge on any atom is -0.444 e. The van der Waals surface area contributed by atoms with Crippen LogP contribution in [0.1, 0.15) is 25.8 Å². The average Bonchev–Trinajstić information content (AvgIpc) is 2.82. The van der Waals surface area contributed by atoms with Gasteiger partial charge in [0.25, 0.3) is 0 Å². The van der Waals surface area contributed by atoms with Gasteiger partial charge < -0.3 is 14.6 Å². The van der Waals surface area contributed by atoms with E-state index < -0.39 is 24.0 Å². The largest absolute Gasteiger partial charge is 0.444 e. The van der Waals surface area contributed by atoms with Crippen molar-refractivity contribution in [2.75, 3.05) is 6.61 Å². The Labute approximate surface area is 131 Å². The molecule has 0 aromatic heterocycles. The van der Waals surface area contributed by atoms with Crippen molar-refractivity contribution in [1.82, 2.24) is 4.90 Å². The van der Waals surface area contributed by atoms with E-state index in [1.165, 1.54) is 4.90 Å². The average molecular weight is 305 g/mol. The van der Waals surface area contributed by atoms with E-state index in [1.54, 1.807) is 19.9 Å². The highest BCUT2D eigenvalue weighted by Gasteiger charge is 2.47. The lowest BCUT2D eigenvalue weighted by Gasteiger charge is -2.34. The van der Waals surface area contributed by atoms with Crippen LogP contribution >= 0.6 is 0 Å². The van der Waals surface area contributed by atoms with Gasteiger partial charge in [0.1, 0.15) is 12.3 Å². The molecule has 1 aliphatic heterocycles. The van der Waals surface area contributed by atoms with Crippen LogP contribution < -0.4 is 0 Å². The predicted molar refractivity (Wildman–Crippen MR) is 83.1 cm³/mol. The molecule has 0 aliphatic carbocycles. The minimum absolute atomic E-state index is 0.191. The standard InChI is InChI=1S/C17H23NO4/c1-4-8-15(19)14-12-22-17(2,3)18(14)16(20)21-11-13-9-6-5-7-10-13/h4-7,9-10,14-15,19H,1,8,11-12H2,2-3H3/t14-,15+/m1/s1. The van der Waals surface area contributed by atoms with Gasteiger partial charge in [-0.3, -0.25) is 4.90 Å². The summed E-state index contributed by atoms with van der Waals surface area (Å²) in [5.74, 6) is 0. The molecule has 5 nitrogen and oxygen atoms in total. The lowest BCUT2D eigenvalue weighted by molar-refractivity contribution is -0.0540. The molecule has 0 unspecified atom stereocenters. The van der Waals surface area contributed by atoms with Gasteiger partial charge in [0.05, 0.1) is 18.8 Å². The minimum atomic E-state index is -0.805. The van der Waals surface area contributed by atoms with Gasteiger partial charge in [-0.2, -0.15) is 0 Å². The number of aliphatic hydroxyl groups excluding tert-OH is 1. The summed E-state index contributed by atoms with van der Waals surface area (Å²) in [6, 6.07) is 9.04. The number of amides is 1. The van der Waals surface area contributed by atoms with Crippen LogP contribution in [0.5, 0.6) is 0 Å². The Morgan fingerprint density at radius 2 is 2.23 bits per heavy atom. The number of nitrogens with zero attached hydrogens (tertiary/aromatic N) is 1. The summed E-state index contributed by atoms with van der Waals surface area (Å²) in [6.07, 6.45) is 0.818. The van der Waals surface area contributed by atoms with Crippen LogP contribution in [0.4, 0.5) is 4.79 Å². The van der Waals surface area contributed by atoms with Crippen molar-refractivity contribution in [3.8, 4) is 0 Å². The molecule has 22 heavy (non-hydrogen) atoms.